The van der Waals surface area contributed by atoms with Crippen molar-refractivity contribution in [2.75, 3.05) is 19.8 Å². The number of hydrogen-bond donors (Lipinski definition) is 1. The van der Waals surface area contributed by atoms with E-state index in [0.717, 1.165) is 57.8 Å². The number of hydrogen-bond acceptors (Lipinski definition) is 8. The van der Waals surface area contributed by atoms with Crippen molar-refractivity contribution in [2.45, 2.75) is 400 Å². The van der Waals surface area contributed by atoms with Crippen LogP contribution in [0, 0.1) is 11.8 Å². The fraction of sp³-hybridized carbons (Fsp3) is 0.944. The van der Waals surface area contributed by atoms with E-state index in [9.17, 15) is 24.3 Å². The second-order valence-electron chi connectivity index (χ2n) is 25.2. The maximum atomic E-state index is 14.0. The molecule has 0 aromatic heterocycles. The van der Waals surface area contributed by atoms with Gasteiger partial charge in [-0.25, -0.2) is 4.79 Å². The molecule has 2 atom stereocenters. The molecule has 0 aliphatic carbocycles. The van der Waals surface area contributed by atoms with Crippen LogP contribution in [0.4, 0.5) is 0 Å². The van der Waals surface area contributed by atoms with Crippen LogP contribution in [0.5, 0.6) is 0 Å². The molecular weight excluding hydrogens is 981 g/mol. The third kappa shape index (κ3) is 51.4. The van der Waals surface area contributed by atoms with Crippen molar-refractivity contribution in [1.29, 1.82) is 0 Å². The lowest BCUT2D eigenvalue weighted by Gasteiger charge is -2.31. The summed E-state index contributed by atoms with van der Waals surface area (Å²) in [6.07, 6.45) is 66.7. The summed E-state index contributed by atoms with van der Waals surface area (Å²) in [6.45, 7) is 10.8. The minimum absolute atomic E-state index is 0.0354. The Hall–Kier alpha value is -1.96. The predicted octanol–water partition coefficient (Wildman–Crippen LogP) is 22.1. The van der Waals surface area contributed by atoms with Gasteiger partial charge in [0.1, 0.15) is 0 Å². The van der Waals surface area contributed by atoms with Crippen molar-refractivity contribution in [3.63, 3.8) is 0 Å². The monoisotopic (exact) mass is 1120 g/mol. The molecule has 2 unspecified atom stereocenters. The third-order valence-corrected chi connectivity index (χ3v) is 16.6. The molecule has 8 heteroatoms. The fourth-order valence-electron chi connectivity index (χ4n) is 11.4. The quantitative estimate of drug-likeness (QED) is 0.0277. The van der Waals surface area contributed by atoms with Crippen LogP contribution in [0.15, 0.2) is 0 Å². The van der Waals surface area contributed by atoms with Gasteiger partial charge in [-0.2, -0.15) is 0 Å². The molecule has 8 nitrogen and oxygen atoms in total. The Morgan fingerprint density at radius 2 is 0.532 bits per heavy atom. The first-order valence-electron chi connectivity index (χ1n) is 35.4. The largest absolute Gasteiger partial charge is 0.466 e. The Balaban J connectivity index is 4.98. The van der Waals surface area contributed by atoms with Gasteiger partial charge in [0.15, 0.2) is 17.3 Å². The van der Waals surface area contributed by atoms with Crippen molar-refractivity contribution >= 4 is 23.7 Å². The summed E-state index contributed by atoms with van der Waals surface area (Å²) in [5.74, 6) is -5.57. The molecule has 0 bridgehead atoms. The first-order chi connectivity index (χ1) is 38.6. The summed E-state index contributed by atoms with van der Waals surface area (Å²) in [4.78, 5) is 55.2. The average Bonchev–Trinajstić information content (AvgIpc) is 3.43. The zero-order valence-electron chi connectivity index (χ0n) is 53.7. The maximum absolute atomic E-state index is 14.0. The van der Waals surface area contributed by atoms with Crippen molar-refractivity contribution in [1.82, 2.24) is 0 Å². The molecule has 468 valence electrons. The van der Waals surface area contributed by atoms with E-state index < -0.39 is 41.6 Å². The molecule has 0 saturated carbocycles. The van der Waals surface area contributed by atoms with Gasteiger partial charge in [0.2, 0.25) is 0 Å². The van der Waals surface area contributed by atoms with Crippen LogP contribution in [0.25, 0.3) is 0 Å². The fourth-order valence-corrected chi connectivity index (χ4v) is 11.4. The zero-order valence-corrected chi connectivity index (χ0v) is 53.7. The number of Topliss-reactive ketones (excluding diaryl/α,β-unsaturated/α-hetero) is 1. The van der Waals surface area contributed by atoms with Crippen LogP contribution in [-0.4, -0.2) is 54.2 Å². The Morgan fingerprint density at radius 1 is 0.316 bits per heavy atom. The van der Waals surface area contributed by atoms with Gasteiger partial charge >= 0.3 is 17.9 Å². The molecule has 0 aliphatic rings. The van der Waals surface area contributed by atoms with Gasteiger partial charge in [-0.1, -0.05) is 362 Å². The number of carbonyl (C=O) groups is 4. The van der Waals surface area contributed by atoms with Crippen LogP contribution in [0.1, 0.15) is 394 Å². The minimum atomic E-state index is -2.73. The van der Waals surface area contributed by atoms with Crippen LogP contribution in [0.2, 0.25) is 0 Å². The van der Waals surface area contributed by atoms with Crippen molar-refractivity contribution in [3.05, 3.63) is 0 Å². The molecule has 0 aliphatic heterocycles. The van der Waals surface area contributed by atoms with Crippen LogP contribution < -0.4 is 0 Å². The summed E-state index contributed by atoms with van der Waals surface area (Å²) in [5, 5.41) is 12.2. The summed E-state index contributed by atoms with van der Waals surface area (Å²) in [6, 6.07) is 0. The molecule has 0 spiro atoms. The highest BCUT2D eigenvalue weighted by Crippen LogP contribution is 2.30. The highest BCUT2D eigenvalue weighted by atomic mass is 16.6. The number of ether oxygens (including phenoxy) is 3. The zero-order chi connectivity index (χ0) is 57.8. The Labute approximate surface area is 491 Å². The number of carbonyl (C=O) groups excluding carboxylic acids is 4. The van der Waals surface area contributed by atoms with Gasteiger partial charge in [-0.15, -0.1) is 0 Å². The second kappa shape index (κ2) is 60.6. The third-order valence-electron chi connectivity index (χ3n) is 16.6. The first kappa shape index (κ1) is 77.0. The lowest BCUT2D eigenvalue weighted by Crippen LogP contribution is -2.55. The van der Waals surface area contributed by atoms with E-state index in [0.29, 0.717) is 19.3 Å². The number of ketones is 1. The van der Waals surface area contributed by atoms with Crippen molar-refractivity contribution in [2.24, 2.45) is 11.8 Å². The molecule has 79 heavy (non-hydrogen) atoms. The van der Waals surface area contributed by atoms with Crippen LogP contribution >= 0.6 is 0 Å². The number of esters is 3. The Bertz CT molecular complexity index is 1320. The van der Waals surface area contributed by atoms with E-state index in [4.69, 9.17) is 14.2 Å². The average molecular weight is 1120 g/mol. The van der Waals surface area contributed by atoms with E-state index >= 15 is 0 Å². The van der Waals surface area contributed by atoms with Crippen molar-refractivity contribution < 1.29 is 38.5 Å². The Morgan fingerprint density at radius 3 is 0.772 bits per heavy atom. The molecule has 0 aromatic carbocycles. The predicted molar refractivity (Wildman–Crippen MR) is 337 cm³/mol. The normalized spacial score (nSPS) is 12.7. The van der Waals surface area contributed by atoms with E-state index in [-0.39, 0.29) is 32.2 Å². The smallest absolute Gasteiger partial charge is 0.340 e. The second-order valence-corrected chi connectivity index (χ2v) is 25.2. The number of rotatable bonds is 65. The topological polar surface area (TPSA) is 116 Å². The highest BCUT2D eigenvalue weighted by molar-refractivity contribution is 6.06. The summed E-state index contributed by atoms with van der Waals surface area (Å²) < 4.78 is 16.9. The van der Waals surface area contributed by atoms with Gasteiger partial charge in [0.25, 0.3) is 0 Å². The molecule has 0 aromatic rings. The van der Waals surface area contributed by atoms with E-state index in [2.05, 4.69) is 20.8 Å². The van der Waals surface area contributed by atoms with E-state index in [1.165, 1.54) is 270 Å². The molecule has 0 amide bonds. The molecule has 0 rings (SSSR count). The number of aliphatic hydroxyl groups is 1. The van der Waals surface area contributed by atoms with Crippen molar-refractivity contribution in [3.8, 4) is 0 Å². The minimum Gasteiger partial charge on any atom is -0.466 e. The number of unbranched alkanes of at least 4 members (excludes halogenated alkanes) is 51. The summed E-state index contributed by atoms with van der Waals surface area (Å²) in [7, 11) is 0. The van der Waals surface area contributed by atoms with E-state index in [1.54, 1.807) is 0 Å². The first-order valence-corrected chi connectivity index (χ1v) is 35.4. The van der Waals surface area contributed by atoms with E-state index in [1.807, 2.05) is 13.8 Å². The van der Waals surface area contributed by atoms with Gasteiger partial charge in [0.05, 0.1) is 26.2 Å². The van der Waals surface area contributed by atoms with Crippen LogP contribution in [0.3, 0.4) is 0 Å². The summed E-state index contributed by atoms with van der Waals surface area (Å²) >= 11 is 0. The lowest BCUT2D eigenvalue weighted by atomic mass is 9.79. The highest BCUT2D eigenvalue weighted by Gasteiger charge is 2.55. The van der Waals surface area contributed by atoms with Gasteiger partial charge in [-0.3, -0.25) is 14.4 Å². The van der Waals surface area contributed by atoms with Crippen LogP contribution in [-0.2, 0) is 33.4 Å². The lowest BCUT2D eigenvalue weighted by molar-refractivity contribution is -0.188. The SMILES string of the molecule is CCCCCCCCCCCCCCCCCCCCOC(=O)CC(O)(C(=O)OCCCCCCCCCCCCCCCCCCCC)C(C(=O)CC(C)C)C(=O)OCCCCCCCCCCCCCCCCCCCC. The molecule has 0 saturated heterocycles. The summed E-state index contributed by atoms with van der Waals surface area (Å²) in [5.41, 5.74) is -2.73. The van der Waals surface area contributed by atoms with Gasteiger partial charge in [-0.05, 0) is 25.2 Å². The molecule has 0 fully saturated rings. The Kier molecular flexibility index (Phi) is 59.1. The molecular formula is C71H136O8. The molecule has 1 N–H and O–H groups in total. The molecule has 0 radical (unpaired) electrons. The van der Waals surface area contributed by atoms with Gasteiger partial charge in [0, 0.05) is 6.42 Å². The molecule has 0 heterocycles. The standard InChI is InChI=1S/C71H136O8/c1-6-9-12-15-18-21-24-27-30-33-36-39-42-45-48-51-54-57-60-77-67(73)64-71(76,70(75)79-62-59-56-53-50-47-44-41-38-35-32-29-26-23-20-17-14-11-8-3)68(66(72)63-65(4)5)69(74)78-61-58-55-52-49-46-43-40-37-34-31-28-25-22-19-16-13-10-7-2/h65,68,76H,6-64H2,1-5H3. The maximum Gasteiger partial charge on any atom is 0.340 e. The van der Waals surface area contributed by atoms with Gasteiger partial charge < -0.3 is 19.3 Å².